The van der Waals surface area contributed by atoms with Gasteiger partial charge in [0.05, 0.1) is 17.3 Å². The summed E-state index contributed by atoms with van der Waals surface area (Å²) in [6.07, 6.45) is 7.39. The lowest BCUT2D eigenvalue weighted by Gasteiger charge is -2.53. The molecule has 1 fully saturated rings. The van der Waals surface area contributed by atoms with Gasteiger partial charge < -0.3 is 5.32 Å². The normalized spacial score (nSPS) is 19.8. The molecule has 40 heavy (non-hydrogen) atoms. The predicted octanol–water partition coefficient (Wildman–Crippen LogP) is 7.47. The van der Waals surface area contributed by atoms with Gasteiger partial charge in [-0.1, -0.05) is 49.9 Å². The Morgan fingerprint density at radius 2 is 1.77 bits per heavy atom. The van der Waals surface area contributed by atoms with E-state index in [4.69, 9.17) is 0 Å². The number of nitrogens with zero attached hydrogens (tertiary/aromatic N) is 3. The second kappa shape index (κ2) is 9.17. The smallest absolute Gasteiger partial charge is 0.255 e. The van der Waals surface area contributed by atoms with Crippen LogP contribution in [0, 0.1) is 6.92 Å². The molecule has 2 aliphatic rings. The Bertz CT molecular complexity index is 1660. The highest BCUT2D eigenvalue weighted by Crippen LogP contribution is 2.52. The Morgan fingerprint density at radius 3 is 2.45 bits per heavy atom. The highest BCUT2D eigenvalue weighted by Gasteiger charge is 2.43. The van der Waals surface area contributed by atoms with E-state index in [1.54, 1.807) is 10.7 Å². The third-order valence-corrected chi connectivity index (χ3v) is 9.59. The molecule has 5 heteroatoms. The van der Waals surface area contributed by atoms with Crippen molar-refractivity contribution in [3.8, 4) is 22.3 Å². The molecule has 5 nitrogen and oxygen atoms in total. The van der Waals surface area contributed by atoms with Gasteiger partial charge in [0.1, 0.15) is 0 Å². The van der Waals surface area contributed by atoms with Crippen molar-refractivity contribution in [2.75, 3.05) is 7.05 Å². The summed E-state index contributed by atoms with van der Waals surface area (Å²) in [5.74, 6) is 0.407. The molecule has 1 unspecified atom stereocenters. The van der Waals surface area contributed by atoms with E-state index in [-0.39, 0.29) is 23.0 Å². The van der Waals surface area contributed by atoms with Gasteiger partial charge in [0.25, 0.3) is 5.91 Å². The molecule has 0 spiro atoms. The number of amides is 1. The Balaban J connectivity index is 1.37. The summed E-state index contributed by atoms with van der Waals surface area (Å²) >= 11 is 0. The maximum Gasteiger partial charge on any atom is 0.255 e. The maximum absolute atomic E-state index is 13.6. The number of rotatable bonds is 5. The van der Waals surface area contributed by atoms with Crippen LogP contribution in [0.25, 0.3) is 33.8 Å². The number of piperidine rings is 1. The Kier molecular flexibility index (Phi) is 6.08. The summed E-state index contributed by atoms with van der Waals surface area (Å²) in [5.41, 5.74) is 11.4. The molecule has 3 heterocycles. The van der Waals surface area contributed by atoms with Crippen molar-refractivity contribution >= 4 is 17.5 Å². The van der Waals surface area contributed by atoms with Crippen molar-refractivity contribution < 1.29 is 4.79 Å². The van der Waals surface area contributed by atoms with Crippen molar-refractivity contribution in [3.05, 3.63) is 89.3 Å². The number of hydrogen-bond acceptors (Lipinski definition) is 3. The Hall–Kier alpha value is -3.70. The first-order chi connectivity index (χ1) is 18.9. The number of likely N-dealkylation sites (tertiary alicyclic amines) is 1. The monoisotopic (exact) mass is 532 g/mol. The first-order valence-corrected chi connectivity index (χ1v) is 14.3. The van der Waals surface area contributed by atoms with Gasteiger partial charge in [-0.05, 0) is 111 Å². The van der Waals surface area contributed by atoms with Gasteiger partial charge in [-0.2, -0.15) is 5.10 Å². The number of nitrogens with one attached hydrogen (secondary N) is 1. The molecular weight excluding hydrogens is 492 g/mol. The van der Waals surface area contributed by atoms with Crippen molar-refractivity contribution in [1.82, 2.24) is 19.8 Å². The zero-order valence-electron chi connectivity index (χ0n) is 24.8. The number of aryl methyl sites for hydroxylation is 1. The minimum Gasteiger partial charge on any atom is -0.349 e. The van der Waals surface area contributed by atoms with Crippen LogP contribution >= 0.6 is 0 Å². The molecule has 6 rings (SSSR count). The molecular formula is C35H40N4O. The van der Waals surface area contributed by atoms with E-state index in [1.165, 1.54) is 33.4 Å². The van der Waals surface area contributed by atoms with Crippen LogP contribution in [0.2, 0.25) is 0 Å². The number of carbonyl (C=O) groups is 1. The first kappa shape index (κ1) is 26.5. The lowest BCUT2D eigenvalue weighted by Crippen LogP contribution is -2.62. The van der Waals surface area contributed by atoms with E-state index in [0.29, 0.717) is 11.5 Å². The summed E-state index contributed by atoms with van der Waals surface area (Å²) in [6, 6.07) is 15.4. The summed E-state index contributed by atoms with van der Waals surface area (Å²) in [7, 11) is 2.18. The van der Waals surface area contributed by atoms with Gasteiger partial charge in [0.2, 0.25) is 0 Å². The fraction of sp³-hybridized carbons (Fsp3) is 0.371. The molecule has 0 radical (unpaired) electrons. The van der Waals surface area contributed by atoms with Crippen LogP contribution < -0.4 is 5.32 Å². The van der Waals surface area contributed by atoms with E-state index in [2.05, 4.69) is 113 Å². The summed E-state index contributed by atoms with van der Waals surface area (Å²) < 4.78 is 1.81. The molecule has 1 saturated heterocycles. The molecule has 1 atom stereocenters. The molecule has 0 saturated carbocycles. The van der Waals surface area contributed by atoms with Crippen LogP contribution in [-0.2, 0) is 0 Å². The van der Waals surface area contributed by atoms with Gasteiger partial charge in [-0.25, -0.2) is 4.52 Å². The molecule has 4 aromatic rings. The minimum absolute atomic E-state index is 0.000137. The van der Waals surface area contributed by atoms with Crippen LogP contribution in [0.1, 0.15) is 86.0 Å². The quantitative estimate of drug-likeness (QED) is 0.290. The Labute approximate surface area is 237 Å². The van der Waals surface area contributed by atoms with Crippen LogP contribution in [-0.4, -0.2) is 44.6 Å². The first-order valence-electron chi connectivity index (χ1n) is 14.3. The number of hydrogen-bond donors (Lipinski definition) is 1. The van der Waals surface area contributed by atoms with Crippen molar-refractivity contribution in [1.29, 1.82) is 0 Å². The zero-order chi connectivity index (χ0) is 28.6. The number of fused-ring (bicyclic) bond motifs is 2. The average Bonchev–Trinajstić information content (AvgIpc) is 3.36. The fourth-order valence-electron chi connectivity index (χ4n) is 7.03. The number of pyridine rings is 1. The van der Waals surface area contributed by atoms with Crippen molar-refractivity contribution in [2.45, 2.75) is 77.4 Å². The van der Waals surface area contributed by atoms with Gasteiger partial charge in [0.15, 0.2) is 0 Å². The second-order valence-corrected chi connectivity index (χ2v) is 13.1. The minimum atomic E-state index is -0.0573. The van der Waals surface area contributed by atoms with Crippen LogP contribution in [0.3, 0.4) is 0 Å². The second-order valence-electron chi connectivity index (χ2n) is 13.1. The molecule has 1 amide bonds. The lowest BCUT2D eigenvalue weighted by molar-refractivity contribution is -0.0169. The number of carbonyl (C=O) groups excluding carboxylic acids is 1. The highest BCUT2D eigenvalue weighted by atomic mass is 16.1. The van der Waals surface area contributed by atoms with E-state index in [1.807, 2.05) is 12.3 Å². The summed E-state index contributed by atoms with van der Waals surface area (Å²) in [5, 5.41) is 7.88. The van der Waals surface area contributed by atoms with E-state index < -0.39 is 0 Å². The van der Waals surface area contributed by atoms with Crippen molar-refractivity contribution in [2.24, 2.45) is 0 Å². The molecule has 1 aliphatic heterocycles. The largest absolute Gasteiger partial charge is 0.349 e. The standard InChI is InChI=1S/C35H40N4O/c1-9-23-10-11-25(16-21(23)2)32-28(13-12-27-22(3)31(27)32)24-14-15-39-30(17-24)29(20-36-39)33(40)37-26-18-34(4,5)38(8)35(6,7)19-26/h9-17,20,22,26H,1,18-19H2,2-8H3,(H,37,40). The zero-order valence-corrected chi connectivity index (χ0v) is 24.8. The summed E-state index contributed by atoms with van der Waals surface area (Å²) in [6.45, 7) is 17.4. The molecule has 2 aromatic heterocycles. The molecule has 206 valence electrons. The summed E-state index contributed by atoms with van der Waals surface area (Å²) in [4.78, 5) is 16.1. The average molecular weight is 533 g/mol. The third-order valence-electron chi connectivity index (χ3n) is 9.59. The van der Waals surface area contributed by atoms with Crippen LogP contribution in [0.5, 0.6) is 0 Å². The SMILES string of the molecule is C=Cc1ccc(-c2c(-c3ccn4ncc(C(=O)NC5CC(C)(C)N(C)C(C)(C)C5)c4c3)ccc3c2C3C)cc1C. The van der Waals surface area contributed by atoms with Gasteiger partial charge in [-0.3, -0.25) is 9.69 Å². The van der Waals surface area contributed by atoms with Gasteiger partial charge >= 0.3 is 0 Å². The molecule has 2 aromatic carbocycles. The van der Waals surface area contributed by atoms with Gasteiger partial charge in [-0.15, -0.1) is 0 Å². The van der Waals surface area contributed by atoms with E-state index in [9.17, 15) is 4.79 Å². The fourth-order valence-corrected chi connectivity index (χ4v) is 7.03. The van der Waals surface area contributed by atoms with Gasteiger partial charge in [0, 0.05) is 29.2 Å². The topological polar surface area (TPSA) is 49.6 Å². The number of benzene rings is 2. The highest BCUT2D eigenvalue weighted by molar-refractivity contribution is 6.02. The lowest BCUT2D eigenvalue weighted by atomic mass is 9.77. The maximum atomic E-state index is 13.6. The predicted molar refractivity (Wildman–Crippen MR) is 165 cm³/mol. The van der Waals surface area contributed by atoms with Crippen LogP contribution in [0.4, 0.5) is 0 Å². The Morgan fingerprint density at radius 1 is 1.05 bits per heavy atom. The third kappa shape index (κ3) is 4.28. The van der Waals surface area contributed by atoms with E-state index in [0.717, 1.165) is 29.5 Å². The van der Waals surface area contributed by atoms with E-state index >= 15 is 0 Å². The molecule has 0 bridgehead atoms. The number of aromatic nitrogens is 2. The van der Waals surface area contributed by atoms with Crippen LogP contribution in [0.15, 0.2) is 61.4 Å². The van der Waals surface area contributed by atoms with Crippen molar-refractivity contribution in [3.63, 3.8) is 0 Å². The molecule has 1 aliphatic carbocycles. The molecule has 1 N–H and O–H groups in total.